The highest BCUT2D eigenvalue weighted by molar-refractivity contribution is 5.92. The van der Waals surface area contributed by atoms with Gasteiger partial charge in [-0.25, -0.2) is 4.98 Å². The first-order valence-corrected chi connectivity index (χ1v) is 7.70. The summed E-state index contributed by atoms with van der Waals surface area (Å²) in [6, 6.07) is 10.5. The number of benzene rings is 1. The van der Waals surface area contributed by atoms with E-state index in [-0.39, 0.29) is 0 Å². The van der Waals surface area contributed by atoms with Gasteiger partial charge in [0.05, 0.1) is 0 Å². The first-order chi connectivity index (χ1) is 10.8. The van der Waals surface area contributed by atoms with Crippen LogP contribution in [-0.2, 0) is 0 Å². The highest BCUT2D eigenvalue weighted by Crippen LogP contribution is 2.31. The smallest absolute Gasteiger partial charge is 0.229 e. The molecule has 0 amide bonds. The van der Waals surface area contributed by atoms with Crippen LogP contribution in [0.3, 0.4) is 0 Å². The number of piperidine rings is 1. The predicted octanol–water partition coefficient (Wildman–Crippen LogP) is 3.31. The minimum atomic E-state index is 0.368. The zero-order chi connectivity index (χ0) is 14.9. The van der Waals surface area contributed by atoms with E-state index >= 15 is 0 Å². The number of rotatable bonds is 2. The number of hydrogen-bond acceptors (Lipinski definition) is 5. The maximum atomic E-state index is 5.32. The standard InChI is InChI=1S/C17H18N4O/c1-12-19-17(22-20-12)14-7-10-21(11-8-14)16-15-5-3-2-4-13(15)6-9-18-16/h2-6,9,14H,7-8,10-11H2,1H3. The van der Waals surface area contributed by atoms with Crippen LogP contribution in [0.4, 0.5) is 5.82 Å². The lowest BCUT2D eigenvalue weighted by atomic mass is 9.96. The highest BCUT2D eigenvalue weighted by Gasteiger charge is 2.26. The Morgan fingerprint density at radius 2 is 1.95 bits per heavy atom. The van der Waals surface area contributed by atoms with Gasteiger partial charge < -0.3 is 9.42 Å². The van der Waals surface area contributed by atoms with Crippen LogP contribution in [0.1, 0.15) is 30.5 Å². The van der Waals surface area contributed by atoms with Crippen molar-refractivity contribution in [2.75, 3.05) is 18.0 Å². The zero-order valence-corrected chi connectivity index (χ0v) is 12.6. The van der Waals surface area contributed by atoms with E-state index in [1.807, 2.05) is 13.1 Å². The van der Waals surface area contributed by atoms with E-state index in [0.717, 1.165) is 37.6 Å². The van der Waals surface area contributed by atoms with Gasteiger partial charge in [0.2, 0.25) is 5.89 Å². The summed E-state index contributed by atoms with van der Waals surface area (Å²) in [5, 5.41) is 6.36. The van der Waals surface area contributed by atoms with Crippen LogP contribution in [0, 0.1) is 6.92 Å². The second-order valence-electron chi connectivity index (χ2n) is 5.80. The molecular weight excluding hydrogens is 276 g/mol. The monoisotopic (exact) mass is 294 g/mol. The molecule has 0 unspecified atom stereocenters. The molecule has 2 aromatic heterocycles. The fourth-order valence-electron chi connectivity index (χ4n) is 3.17. The Kier molecular flexibility index (Phi) is 3.25. The van der Waals surface area contributed by atoms with Crippen LogP contribution >= 0.6 is 0 Å². The molecule has 3 heterocycles. The normalized spacial score (nSPS) is 16.3. The van der Waals surface area contributed by atoms with Gasteiger partial charge in [0.15, 0.2) is 5.82 Å². The van der Waals surface area contributed by atoms with E-state index in [2.05, 4.69) is 50.4 Å². The minimum absolute atomic E-state index is 0.368. The SMILES string of the molecule is Cc1noc(C2CCN(c3nccc4ccccc34)CC2)n1. The molecule has 112 valence electrons. The Labute approximate surface area is 129 Å². The molecule has 0 radical (unpaired) electrons. The molecule has 1 aromatic carbocycles. The summed E-state index contributed by atoms with van der Waals surface area (Å²) in [4.78, 5) is 11.3. The van der Waals surface area contributed by atoms with Crippen LogP contribution in [0.25, 0.3) is 10.8 Å². The van der Waals surface area contributed by atoms with Crippen molar-refractivity contribution in [1.82, 2.24) is 15.1 Å². The highest BCUT2D eigenvalue weighted by atomic mass is 16.5. The van der Waals surface area contributed by atoms with E-state index in [1.165, 1.54) is 10.8 Å². The van der Waals surface area contributed by atoms with Crippen molar-refractivity contribution in [1.29, 1.82) is 0 Å². The number of anilines is 1. The number of nitrogens with zero attached hydrogens (tertiary/aromatic N) is 4. The first-order valence-electron chi connectivity index (χ1n) is 7.70. The summed E-state index contributed by atoms with van der Waals surface area (Å²) in [5.41, 5.74) is 0. The van der Waals surface area contributed by atoms with Crippen molar-refractivity contribution < 1.29 is 4.52 Å². The maximum absolute atomic E-state index is 5.32. The third-order valence-corrected chi connectivity index (χ3v) is 4.34. The third kappa shape index (κ3) is 2.32. The summed E-state index contributed by atoms with van der Waals surface area (Å²) >= 11 is 0. The van der Waals surface area contributed by atoms with Gasteiger partial charge in [-0.1, -0.05) is 29.4 Å². The molecular formula is C17H18N4O. The number of pyridine rings is 1. The number of hydrogen-bond donors (Lipinski definition) is 0. The van der Waals surface area contributed by atoms with Gasteiger partial charge in [0.1, 0.15) is 5.82 Å². The van der Waals surface area contributed by atoms with E-state index in [0.29, 0.717) is 11.7 Å². The van der Waals surface area contributed by atoms with Gasteiger partial charge >= 0.3 is 0 Å². The Bertz CT molecular complexity index is 785. The molecule has 0 atom stereocenters. The number of aryl methyl sites for hydroxylation is 1. The average molecular weight is 294 g/mol. The second kappa shape index (κ2) is 5.40. The summed E-state index contributed by atoms with van der Waals surface area (Å²) in [6.45, 7) is 3.79. The minimum Gasteiger partial charge on any atom is -0.356 e. The van der Waals surface area contributed by atoms with Crippen molar-refractivity contribution in [3.63, 3.8) is 0 Å². The average Bonchev–Trinajstić information content (AvgIpc) is 3.01. The summed E-state index contributed by atoms with van der Waals surface area (Å²) in [6.07, 6.45) is 3.93. The molecule has 3 aromatic rings. The van der Waals surface area contributed by atoms with Crippen LogP contribution in [0.2, 0.25) is 0 Å². The number of fused-ring (bicyclic) bond motifs is 1. The molecule has 5 nitrogen and oxygen atoms in total. The third-order valence-electron chi connectivity index (χ3n) is 4.34. The van der Waals surface area contributed by atoms with Crippen LogP contribution in [0.15, 0.2) is 41.1 Å². The molecule has 0 saturated carbocycles. The van der Waals surface area contributed by atoms with Gasteiger partial charge in [-0.2, -0.15) is 4.98 Å². The molecule has 0 spiro atoms. The van der Waals surface area contributed by atoms with E-state index in [9.17, 15) is 0 Å². The predicted molar refractivity (Wildman–Crippen MR) is 85.0 cm³/mol. The Hall–Kier alpha value is -2.43. The molecule has 0 aliphatic carbocycles. The molecule has 1 fully saturated rings. The quantitative estimate of drug-likeness (QED) is 0.725. The second-order valence-corrected chi connectivity index (χ2v) is 5.80. The fourth-order valence-corrected chi connectivity index (χ4v) is 3.17. The van der Waals surface area contributed by atoms with Crippen molar-refractivity contribution in [2.45, 2.75) is 25.7 Å². The van der Waals surface area contributed by atoms with Crippen molar-refractivity contribution in [3.8, 4) is 0 Å². The van der Waals surface area contributed by atoms with Crippen molar-refractivity contribution in [2.24, 2.45) is 0 Å². The lowest BCUT2D eigenvalue weighted by Crippen LogP contribution is -2.33. The van der Waals surface area contributed by atoms with Crippen molar-refractivity contribution in [3.05, 3.63) is 48.2 Å². The van der Waals surface area contributed by atoms with Gasteiger partial charge in [-0.3, -0.25) is 0 Å². The van der Waals surface area contributed by atoms with Gasteiger partial charge in [0.25, 0.3) is 0 Å². The molecule has 1 aliphatic heterocycles. The molecule has 0 N–H and O–H groups in total. The van der Waals surface area contributed by atoms with Crippen LogP contribution in [0.5, 0.6) is 0 Å². The van der Waals surface area contributed by atoms with E-state index < -0.39 is 0 Å². The fraction of sp³-hybridized carbons (Fsp3) is 0.353. The number of aromatic nitrogens is 3. The molecule has 4 rings (SSSR count). The largest absolute Gasteiger partial charge is 0.356 e. The lowest BCUT2D eigenvalue weighted by molar-refractivity contribution is 0.327. The molecule has 1 aliphatic rings. The Morgan fingerprint density at radius 3 is 2.73 bits per heavy atom. The molecule has 5 heteroatoms. The van der Waals surface area contributed by atoms with E-state index in [1.54, 1.807) is 0 Å². The molecule has 0 bridgehead atoms. The Balaban J connectivity index is 1.55. The summed E-state index contributed by atoms with van der Waals surface area (Å²) in [5.74, 6) is 2.95. The maximum Gasteiger partial charge on any atom is 0.229 e. The summed E-state index contributed by atoms with van der Waals surface area (Å²) < 4.78 is 5.32. The van der Waals surface area contributed by atoms with Gasteiger partial charge in [0, 0.05) is 30.6 Å². The van der Waals surface area contributed by atoms with Gasteiger partial charge in [-0.15, -0.1) is 0 Å². The van der Waals surface area contributed by atoms with E-state index in [4.69, 9.17) is 4.52 Å². The molecule has 1 saturated heterocycles. The zero-order valence-electron chi connectivity index (χ0n) is 12.6. The molecule has 22 heavy (non-hydrogen) atoms. The van der Waals surface area contributed by atoms with Crippen LogP contribution < -0.4 is 4.90 Å². The lowest BCUT2D eigenvalue weighted by Gasteiger charge is -2.31. The topological polar surface area (TPSA) is 55.1 Å². The van der Waals surface area contributed by atoms with Crippen molar-refractivity contribution >= 4 is 16.6 Å². The Morgan fingerprint density at radius 1 is 1.14 bits per heavy atom. The summed E-state index contributed by atoms with van der Waals surface area (Å²) in [7, 11) is 0. The van der Waals surface area contributed by atoms with Crippen LogP contribution in [-0.4, -0.2) is 28.2 Å². The first kappa shape index (κ1) is 13.2. The van der Waals surface area contributed by atoms with Gasteiger partial charge in [-0.05, 0) is 31.2 Å².